The third kappa shape index (κ3) is 13.7. The molecular weight excluding hydrogens is 835 g/mol. The molecule has 8 bridgehead atoms. The summed E-state index contributed by atoms with van der Waals surface area (Å²) in [5.41, 5.74) is 10.5. The van der Waals surface area contributed by atoms with E-state index in [2.05, 4.69) is 28.8 Å². The van der Waals surface area contributed by atoms with E-state index in [-0.39, 0.29) is 29.4 Å². The number of carbonyl (C=O) groups excluding carboxylic acids is 2. The van der Waals surface area contributed by atoms with Crippen molar-refractivity contribution in [2.75, 3.05) is 93.4 Å². The fourth-order valence-corrected chi connectivity index (χ4v) is 7.81. The number of allylic oxidation sites excluding steroid dienone is 5. The summed E-state index contributed by atoms with van der Waals surface area (Å²) in [5.74, 6) is -2.92. The van der Waals surface area contributed by atoms with Gasteiger partial charge >= 0.3 is 17.9 Å². The molecule has 2 aromatic heterocycles. The SMILES string of the molecule is C=CC1=C(C)c2cc3[nH]c(c4c5[nH]c(cc6nc(cc1n2)C(C)=C6CC)c(C)c5C(=O)OC4=O)[C@@H](CCC(=O)O)C3C.CC.CNCCOCCOCCOCCOCCOCCOC. The fourth-order valence-electron chi connectivity index (χ4n) is 7.81. The Kier molecular flexibility index (Phi) is 21.7. The molecule has 0 amide bonds. The minimum absolute atomic E-state index is 0.0817. The Morgan fingerprint density at radius 1 is 0.800 bits per heavy atom. The van der Waals surface area contributed by atoms with Gasteiger partial charge in [-0.2, -0.15) is 0 Å². The van der Waals surface area contributed by atoms with Crippen molar-refractivity contribution >= 4 is 51.2 Å². The van der Waals surface area contributed by atoms with Crippen molar-refractivity contribution in [1.29, 1.82) is 0 Å². The molecule has 6 rings (SSSR count). The number of carboxylic acids is 1. The first-order valence-corrected chi connectivity index (χ1v) is 22.6. The number of H-pyrrole nitrogens is 2. The smallest absolute Gasteiger partial charge is 0.349 e. The second kappa shape index (κ2) is 26.8. The second-order valence-corrected chi connectivity index (χ2v) is 15.3. The van der Waals surface area contributed by atoms with E-state index in [1.165, 1.54) is 0 Å². The number of fused-ring (bicyclic) bond motifs is 8. The molecule has 2 aromatic rings. The van der Waals surface area contributed by atoms with Crippen molar-refractivity contribution < 1.29 is 52.6 Å². The van der Waals surface area contributed by atoms with Crippen LogP contribution in [0.25, 0.3) is 33.3 Å². The van der Waals surface area contributed by atoms with Crippen molar-refractivity contribution in [3.8, 4) is 0 Å². The Balaban J connectivity index is 0.000000342. The summed E-state index contributed by atoms with van der Waals surface area (Å²) in [7, 11) is 3.55. The maximum Gasteiger partial charge on any atom is 0.349 e. The van der Waals surface area contributed by atoms with Gasteiger partial charge in [-0.15, -0.1) is 0 Å². The molecule has 4 aliphatic heterocycles. The van der Waals surface area contributed by atoms with Crippen LogP contribution in [0.2, 0.25) is 0 Å². The number of cyclic esters (lactones) is 2. The molecule has 0 spiro atoms. The largest absolute Gasteiger partial charge is 0.481 e. The van der Waals surface area contributed by atoms with Crippen molar-refractivity contribution in [3.05, 3.63) is 81.7 Å². The van der Waals surface area contributed by atoms with Gasteiger partial charge in [-0.05, 0) is 81.1 Å². The van der Waals surface area contributed by atoms with Crippen molar-refractivity contribution in [2.24, 2.45) is 0 Å². The predicted molar refractivity (Wildman–Crippen MR) is 252 cm³/mol. The zero-order valence-corrected chi connectivity index (χ0v) is 39.7. The maximum absolute atomic E-state index is 13.4. The van der Waals surface area contributed by atoms with Gasteiger partial charge in [0, 0.05) is 54.4 Å². The normalized spacial score (nSPS) is 15.8. The standard InChI is InChI=1S/C33H32N4O5.C14H31NO6.C2H6/c1-7-18-14(3)21-11-23-16(5)20(9-10-27(38)39)30(36-23)29-31-28(32(40)42-33(29)41)17(6)24(37-31)13-26-19(8-2)15(4)22(35-26)12-25(18)34-21;1-15-3-4-17-7-8-19-11-12-21-14-13-20-10-9-18-6-5-16-2;1-2/h7,11-13,16,20,36-37H,1,8-10H2,2-6H3,(H,38,39);15H,3-14H2,1-2H3;1-2H3/t16?,20-;;/m0../s1. The molecule has 0 saturated heterocycles. The number of likely N-dealkylation sites (N-methyl/N-ethyl adjacent to an activating group) is 1. The lowest BCUT2D eigenvalue weighted by molar-refractivity contribution is -0.137. The van der Waals surface area contributed by atoms with Crippen LogP contribution < -0.4 is 5.32 Å². The monoisotopic (exact) mass is 903 g/mol. The van der Waals surface area contributed by atoms with Crippen LogP contribution in [0, 0.1) is 6.92 Å². The number of methoxy groups -OCH3 is 1. The number of nitrogens with zero attached hydrogens (tertiary/aromatic N) is 2. The van der Waals surface area contributed by atoms with Crippen LogP contribution in [0.4, 0.5) is 0 Å². The number of nitrogens with one attached hydrogen (secondary N) is 3. The van der Waals surface area contributed by atoms with Gasteiger partial charge in [-0.25, -0.2) is 19.6 Å². The van der Waals surface area contributed by atoms with Gasteiger partial charge in [0.2, 0.25) is 0 Å². The average Bonchev–Trinajstić information content (AvgIpc) is 3.97. The molecule has 356 valence electrons. The zero-order valence-electron chi connectivity index (χ0n) is 39.7. The summed E-state index contributed by atoms with van der Waals surface area (Å²) in [6, 6.07) is 5.84. The number of hydrogen-bond donors (Lipinski definition) is 4. The minimum Gasteiger partial charge on any atom is -0.481 e. The van der Waals surface area contributed by atoms with Crippen molar-refractivity contribution in [3.63, 3.8) is 0 Å². The third-order valence-electron chi connectivity index (χ3n) is 11.3. The highest BCUT2D eigenvalue weighted by Gasteiger charge is 2.38. The molecule has 4 aliphatic rings. The van der Waals surface area contributed by atoms with Crippen LogP contribution in [0.15, 0.2) is 30.9 Å². The minimum atomic E-state index is -0.926. The Bertz CT molecular complexity index is 2220. The van der Waals surface area contributed by atoms with Crippen LogP contribution in [-0.2, 0) is 38.0 Å². The van der Waals surface area contributed by atoms with Gasteiger partial charge in [-0.3, -0.25) is 4.79 Å². The molecule has 0 radical (unpaired) electrons. The third-order valence-corrected chi connectivity index (χ3v) is 11.3. The van der Waals surface area contributed by atoms with Crippen LogP contribution in [0.1, 0.15) is 133 Å². The molecule has 16 nitrogen and oxygen atoms in total. The van der Waals surface area contributed by atoms with Gasteiger partial charge < -0.3 is 53.5 Å². The zero-order chi connectivity index (χ0) is 47.5. The molecular formula is C49H69N5O11. The lowest BCUT2D eigenvalue weighted by atomic mass is 9.85. The number of aliphatic carboxylic acids is 1. The number of aromatic amines is 2. The first-order valence-electron chi connectivity index (χ1n) is 22.6. The maximum atomic E-state index is 13.4. The molecule has 0 aliphatic carbocycles. The number of esters is 2. The number of ether oxygens (including phenoxy) is 7. The summed E-state index contributed by atoms with van der Waals surface area (Å²) in [5, 5.41) is 12.5. The van der Waals surface area contributed by atoms with E-state index in [0.29, 0.717) is 101 Å². The first-order chi connectivity index (χ1) is 31.4. The number of aryl methyl sites for hydroxylation is 1. The van der Waals surface area contributed by atoms with E-state index in [1.54, 1.807) is 13.2 Å². The van der Waals surface area contributed by atoms with Gasteiger partial charge in [-0.1, -0.05) is 40.3 Å². The average molecular weight is 904 g/mol. The summed E-state index contributed by atoms with van der Waals surface area (Å²) >= 11 is 0. The number of carbonyl (C=O) groups is 3. The van der Waals surface area contributed by atoms with E-state index in [4.69, 9.17) is 43.1 Å². The Labute approximate surface area is 382 Å². The van der Waals surface area contributed by atoms with E-state index in [0.717, 1.165) is 63.7 Å². The van der Waals surface area contributed by atoms with E-state index < -0.39 is 17.9 Å². The van der Waals surface area contributed by atoms with E-state index in [1.807, 2.05) is 66.8 Å². The highest BCUT2D eigenvalue weighted by Crippen LogP contribution is 2.44. The van der Waals surface area contributed by atoms with Gasteiger partial charge in [0.1, 0.15) is 5.56 Å². The van der Waals surface area contributed by atoms with E-state index in [9.17, 15) is 19.5 Å². The highest BCUT2D eigenvalue weighted by atomic mass is 16.6. The number of rotatable bonds is 23. The van der Waals surface area contributed by atoms with Gasteiger partial charge in [0.25, 0.3) is 0 Å². The van der Waals surface area contributed by atoms with Crippen molar-refractivity contribution in [2.45, 2.75) is 79.6 Å². The Hall–Kier alpha value is -5.07. The topological polar surface area (TPSA) is 205 Å². The van der Waals surface area contributed by atoms with Crippen molar-refractivity contribution in [1.82, 2.24) is 25.3 Å². The molecule has 6 heterocycles. The van der Waals surface area contributed by atoms with Gasteiger partial charge in [0.15, 0.2) is 0 Å². The lowest BCUT2D eigenvalue weighted by Crippen LogP contribution is -2.21. The molecule has 65 heavy (non-hydrogen) atoms. The fraction of sp³-hybridized carbons (Fsp3) is 0.531. The Morgan fingerprint density at radius 2 is 1.35 bits per heavy atom. The first kappa shape index (κ1) is 52.6. The molecule has 1 unspecified atom stereocenters. The van der Waals surface area contributed by atoms with Crippen LogP contribution in [0.3, 0.4) is 0 Å². The highest BCUT2D eigenvalue weighted by molar-refractivity contribution is 6.18. The molecule has 2 atom stereocenters. The molecule has 0 saturated carbocycles. The summed E-state index contributed by atoms with van der Waals surface area (Å²) in [6.45, 7) is 25.4. The number of carboxylic acid groups (broad SMARTS) is 1. The summed E-state index contributed by atoms with van der Waals surface area (Å²) in [4.78, 5) is 54.7. The number of aromatic nitrogens is 4. The molecule has 4 N–H and O–H groups in total. The van der Waals surface area contributed by atoms with Crippen LogP contribution >= 0.6 is 0 Å². The second-order valence-electron chi connectivity index (χ2n) is 15.3. The molecule has 0 aromatic carbocycles. The molecule has 0 fully saturated rings. The molecule has 16 heteroatoms. The lowest BCUT2D eigenvalue weighted by Gasteiger charge is -2.19. The summed E-state index contributed by atoms with van der Waals surface area (Å²) < 4.78 is 36.7. The summed E-state index contributed by atoms with van der Waals surface area (Å²) in [6.07, 6.45) is 2.75. The van der Waals surface area contributed by atoms with Crippen LogP contribution in [0.5, 0.6) is 0 Å². The number of hydrogen-bond acceptors (Lipinski definition) is 13. The van der Waals surface area contributed by atoms with Crippen LogP contribution in [-0.4, -0.2) is 136 Å². The van der Waals surface area contributed by atoms with Gasteiger partial charge in [0.05, 0.1) is 107 Å². The Morgan fingerprint density at radius 3 is 1.91 bits per heavy atom. The van der Waals surface area contributed by atoms with E-state index >= 15 is 0 Å². The quantitative estimate of drug-likeness (QED) is 0.0477. The predicted octanol–water partition coefficient (Wildman–Crippen LogP) is 7.83.